The Morgan fingerprint density at radius 2 is 1.52 bits per heavy atom. The van der Waals surface area contributed by atoms with Crippen molar-refractivity contribution in [2.45, 2.75) is 6.42 Å². The summed E-state index contributed by atoms with van der Waals surface area (Å²) in [5, 5.41) is 0. The normalized spacial score (nSPS) is 10.3. The Morgan fingerprint density at radius 3 is 2.19 bits per heavy atom. The smallest absolute Gasteiger partial charge is 0.219 e. The van der Waals surface area contributed by atoms with Crippen molar-refractivity contribution in [2.75, 3.05) is 5.73 Å². The number of pyridine rings is 1. The number of nitrogen functional groups attached to an aromatic ring is 1. The minimum Gasteiger partial charge on any atom is -0.439 e. The van der Waals surface area contributed by atoms with Gasteiger partial charge in [-0.1, -0.05) is 42.5 Å². The standard InChI is InChI=1S/C18H16N2O/c19-16-8-11-18(20-13-16)21-17-9-6-15(7-10-17)12-14-4-2-1-3-5-14/h1-11,13H,12,19H2. The lowest BCUT2D eigenvalue weighted by Gasteiger charge is -2.06. The molecule has 3 heteroatoms. The molecule has 0 atom stereocenters. The van der Waals surface area contributed by atoms with Gasteiger partial charge in [0, 0.05) is 6.07 Å². The van der Waals surface area contributed by atoms with Crippen molar-refractivity contribution >= 4 is 5.69 Å². The third-order valence-electron chi connectivity index (χ3n) is 3.16. The molecule has 1 heterocycles. The van der Waals surface area contributed by atoms with Crippen molar-refractivity contribution in [2.24, 2.45) is 0 Å². The number of aromatic nitrogens is 1. The molecule has 3 aromatic rings. The molecule has 0 saturated heterocycles. The number of nitrogens with two attached hydrogens (primary N) is 1. The number of rotatable bonds is 4. The summed E-state index contributed by atoms with van der Waals surface area (Å²) in [6.07, 6.45) is 2.50. The van der Waals surface area contributed by atoms with Gasteiger partial charge in [0.15, 0.2) is 0 Å². The molecule has 21 heavy (non-hydrogen) atoms. The van der Waals surface area contributed by atoms with Crippen LogP contribution in [0.25, 0.3) is 0 Å². The molecule has 0 spiro atoms. The number of nitrogens with zero attached hydrogens (tertiary/aromatic N) is 1. The number of benzene rings is 2. The first-order valence-corrected chi connectivity index (χ1v) is 6.82. The first kappa shape index (κ1) is 13.2. The highest BCUT2D eigenvalue weighted by molar-refractivity contribution is 5.38. The lowest BCUT2D eigenvalue weighted by Crippen LogP contribution is -1.91. The molecule has 1 aromatic heterocycles. The van der Waals surface area contributed by atoms with E-state index in [4.69, 9.17) is 10.5 Å². The van der Waals surface area contributed by atoms with Crippen LogP contribution in [0.2, 0.25) is 0 Å². The maximum atomic E-state index is 5.67. The Balaban J connectivity index is 1.68. The highest BCUT2D eigenvalue weighted by Gasteiger charge is 2.00. The maximum Gasteiger partial charge on any atom is 0.219 e. The van der Waals surface area contributed by atoms with E-state index in [2.05, 4.69) is 41.4 Å². The van der Waals surface area contributed by atoms with Crippen LogP contribution in [-0.2, 0) is 6.42 Å². The van der Waals surface area contributed by atoms with Crippen LogP contribution in [0.3, 0.4) is 0 Å². The Labute approximate surface area is 124 Å². The summed E-state index contributed by atoms with van der Waals surface area (Å²) < 4.78 is 5.67. The monoisotopic (exact) mass is 276 g/mol. The van der Waals surface area contributed by atoms with Crippen molar-refractivity contribution in [1.82, 2.24) is 4.98 Å². The molecule has 0 radical (unpaired) electrons. The van der Waals surface area contributed by atoms with Gasteiger partial charge in [-0.2, -0.15) is 0 Å². The largest absolute Gasteiger partial charge is 0.439 e. The minimum atomic E-state index is 0.542. The molecular formula is C18H16N2O. The first-order chi connectivity index (χ1) is 10.3. The van der Waals surface area contributed by atoms with E-state index in [0.717, 1.165) is 12.2 Å². The molecule has 2 aromatic carbocycles. The van der Waals surface area contributed by atoms with Crippen LogP contribution in [0.4, 0.5) is 5.69 Å². The zero-order valence-electron chi connectivity index (χ0n) is 11.6. The summed E-state index contributed by atoms with van der Waals surface area (Å²) in [4.78, 5) is 4.12. The van der Waals surface area contributed by atoms with E-state index in [-0.39, 0.29) is 0 Å². The fraction of sp³-hybridized carbons (Fsp3) is 0.0556. The lowest BCUT2D eigenvalue weighted by atomic mass is 10.1. The summed E-state index contributed by atoms with van der Waals surface area (Å²) >= 11 is 0. The molecule has 0 bridgehead atoms. The fourth-order valence-corrected chi connectivity index (χ4v) is 2.08. The SMILES string of the molecule is Nc1ccc(Oc2ccc(Cc3ccccc3)cc2)nc1. The van der Waals surface area contributed by atoms with Crippen molar-refractivity contribution in [3.8, 4) is 11.6 Å². The van der Waals surface area contributed by atoms with Crippen LogP contribution in [-0.4, -0.2) is 4.98 Å². The van der Waals surface area contributed by atoms with E-state index in [1.54, 1.807) is 18.3 Å². The van der Waals surface area contributed by atoms with E-state index in [0.29, 0.717) is 11.6 Å². The second-order valence-electron chi connectivity index (χ2n) is 4.84. The van der Waals surface area contributed by atoms with E-state index < -0.39 is 0 Å². The zero-order chi connectivity index (χ0) is 14.5. The summed E-state index contributed by atoms with van der Waals surface area (Å²) in [6, 6.07) is 22.0. The summed E-state index contributed by atoms with van der Waals surface area (Å²) in [6.45, 7) is 0. The first-order valence-electron chi connectivity index (χ1n) is 6.82. The number of ether oxygens (including phenoxy) is 1. The van der Waals surface area contributed by atoms with Gasteiger partial charge in [0.05, 0.1) is 11.9 Å². The number of hydrogen-bond donors (Lipinski definition) is 1. The summed E-state index contributed by atoms with van der Waals surface area (Å²) in [7, 11) is 0. The molecule has 0 saturated carbocycles. The minimum absolute atomic E-state index is 0.542. The Bertz CT molecular complexity index is 692. The van der Waals surface area contributed by atoms with Crippen molar-refractivity contribution < 1.29 is 4.74 Å². The quantitative estimate of drug-likeness (QED) is 0.782. The highest BCUT2D eigenvalue weighted by Crippen LogP contribution is 2.21. The molecule has 0 unspecified atom stereocenters. The second kappa shape index (κ2) is 6.09. The summed E-state index contributed by atoms with van der Waals surface area (Å²) in [5.74, 6) is 1.31. The number of hydrogen-bond acceptors (Lipinski definition) is 3. The zero-order valence-corrected chi connectivity index (χ0v) is 11.6. The topological polar surface area (TPSA) is 48.1 Å². The van der Waals surface area contributed by atoms with Crippen LogP contribution < -0.4 is 10.5 Å². The average Bonchev–Trinajstić information content (AvgIpc) is 2.53. The van der Waals surface area contributed by atoms with Gasteiger partial charge in [0.1, 0.15) is 5.75 Å². The van der Waals surface area contributed by atoms with Crippen molar-refractivity contribution in [1.29, 1.82) is 0 Å². The van der Waals surface area contributed by atoms with Gasteiger partial charge in [0.2, 0.25) is 5.88 Å². The van der Waals surface area contributed by atoms with Crippen LogP contribution in [0.5, 0.6) is 11.6 Å². The Kier molecular flexibility index (Phi) is 3.83. The van der Waals surface area contributed by atoms with Gasteiger partial charge in [-0.25, -0.2) is 4.98 Å². The number of anilines is 1. The molecule has 3 rings (SSSR count). The highest BCUT2D eigenvalue weighted by atomic mass is 16.5. The van der Waals surface area contributed by atoms with Gasteiger partial charge < -0.3 is 10.5 Å². The van der Waals surface area contributed by atoms with Crippen molar-refractivity contribution in [3.63, 3.8) is 0 Å². The van der Waals surface area contributed by atoms with Crippen LogP contribution >= 0.6 is 0 Å². The van der Waals surface area contributed by atoms with Gasteiger partial charge in [-0.3, -0.25) is 0 Å². The van der Waals surface area contributed by atoms with E-state index >= 15 is 0 Å². The third kappa shape index (κ3) is 3.60. The predicted molar refractivity (Wildman–Crippen MR) is 84.4 cm³/mol. The van der Waals surface area contributed by atoms with Crippen molar-refractivity contribution in [3.05, 3.63) is 84.1 Å². The summed E-state index contributed by atoms with van der Waals surface area (Å²) in [5.41, 5.74) is 8.77. The van der Waals surface area contributed by atoms with Gasteiger partial charge in [-0.05, 0) is 35.7 Å². The second-order valence-corrected chi connectivity index (χ2v) is 4.84. The molecule has 3 nitrogen and oxygen atoms in total. The molecule has 0 amide bonds. The molecule has 0 aliphatic rings. The van der Waals surface area contributed by atoms with Crippen LogP contribution in [0.1, 0.15) is 11.1 Å². The third-order valence-corrected chi connectivity index (χ3v) is 3.16. The average molecular weight is 276 g/mol. The van der Waals surface area contributed by atoms with Crippen LogP contribution in [0, 0.1) is 0 Å². The van der Waals surface area contributed by atoms with Crippen LogP contribution in [0.15, 0.2) is 72.9 Å². The van der Waals surface area contributed by atoms with E-state index in [1.165, 1.54) is 11.1 Å². The molecule has 104 valence electrons. The molecule has 0 aliphatic carbocycles. The molecule has 0 fully saturated rings. The van der Waals surface area contributed by atoms with Gasteiger partial charge >= 0.3 is 0 Å². The maximum absolute atomic E-state index is 5.67. The lowest BCUT2D eigenvalue weighted by molar-refractivity contribution is 0.463. The van der Waals surface area contributed by atoms with E-state index in [1.807, 2.05) is 18.2 Å². The Morgan fingerprint density at radius 1 is 0.810 bits per heavy atom. The van der Waals surface area contributed by atoms with E-state index in [9.17, 15) is 0 Å². The van der Waals surface area contributed by atoms with Gasteiger partial charge in [0.25, 0.3) is 0 Å². The molecule has 0 aliphatic heterocycles. The fourth-order valence-electron chi connectivity index (χ4n) is 2.08. The van der Waals surface area contributed by atoms with Gasteiger partial charge in [-0.15, -0.1) is 0 Å². The molecule has 2 N–H and O–H groups in total. The predicted octanol–water partition coefficient (Wildman–Crippen LogP) is 4.05. The Hall–Kier alpha value is -2.81. The molecular weight excluding hydrogens is 260 g/mol.